The number of aromatic nitrogens is 3. The molecule has 0 radical (unpaired) electrons. The van der Waals surface area contributed by atoms with Gasteiger partial charge in [-0.3, -0.25) is 5.10 Å². The minimum atomic E-state index is -4.67. The second-order valence-corrected chi connectivity index (χ2v) is 11.7. The van der Waals surface area contributed by atoms with Gasteiger partial charge in [-0.2, -0.15) is 5.10 Å². The molecule has 2 fully saturated rings. The summed E-state index contributed by atoms with van der Waals surface area (Å²) >= 11 is 0. The van der Waals surface area contributed by atoms with Crippen LogP contribution in [0.1, 0.15) is 82.5 Å². The zero-order valence-electron chi connectivity index (χ0n) is 25.9. The number of alkyl halides is 3. The second-order valence-electron chi connectivity index (χ2n) is 11.7. The van der Waals surface area contributed by atoms with E-state index in [1.54, 1.807) is 18.5 Å². The van der Waals surface area contributed by atoms with Gasteiger partial charge in [0, 0.05) is 26.2 Å². The Labute approximate surface area is 259 Å². The molecule has 2 atom stereocenters. The van der Waals surface area contributed by atoms with Gasteiger partial charge >= 0.3 is 12.5 Å². The highest BCUT2D eigenvalue weighted by Gasteiger charge is 2.36. The summed E-state index contributed by atoms with van der Waals surface area (Å²) in [7, 11) is 0. The lowest BCUT2D eigenvalue weighted by molar-refractivity contribution is -0.274. The molecule has 3 N–H and O–H groups in total. The number of H-pyrrole nitrogens is 1. The van der Waals surface area contributed by atoms with Crippen LogP contribution in [-0.2, 0) is 13.0 Å². The first-order valence-corrected chi connectivity index (χ1v) is 16.0. The Balaban J connectivity index is 0.000000269. The van der Waals surface area contributed by atoms with Gasteiger partial charge in [-0.15, -0.1) is 13.2 Å². The minimum Gasteiger partial charge on any atom is -0.465 e. The number of hydrogen-bond acceptors (Lipinski definition) is 6. The number of halogens is 3. The lowest BCUT2D eigenvalue weighted by atomic mass is 9.92. The molecule has 0 bridgehead atoms. The topological polar surface area (TPSA) is 107 Å². The van der Waals surface area contributed by atoms with Crippen molar-refractivity contribution in [2.75, 3.05) is 32.7 Å². The van der Waals surface area contributed by atoms with Gasteiger partial charge in [-0.05, 0) is 68.0 Å². The average Bonchev–Trinajstić information content (AvgIpc) is 3.62. The maximum absolute atomic E-state index is 12.2. The Bertz CT molecular complexity index is 1070. The number of fused-ring (bicyclic) bond motifs is 1. The van der Waals surface area contributed by atoms with E-state index in [0.29, 0.717) is 31.3 Å². The molecule has 246 valence electrons. The largest absolute Gasteiger partial charge is 0.573 e. The molecule has 2 aliphatic rings. The van der Waals surface area contributed by atoms with E-state index < -0.39 is 12.5 Å². The Kier molecular flexibility index (Phi) is 15.3. The van der Waals surface area contributed by atoms with E-state index in [9.17, 15) is 18.0 Å². The SMILES string of the molecule is CCCCCCCCCCNCc1ncn[nH]1.O=C(O)N1C[C@H]2CCN(/C=C/Cc3ccc(OC(F)(F)F)cc3)CC[C@H]2C1. The number of benzene rings is 1. The summed E-state index contributed by atoms with van der Waals surface area (Å²) in [5.41, 5.74) is 0.907. The van der Waals surface area contributed by atoms with E-state index in [1.807, 2.05) is 12.3 Å². The van der Waals surface area contributed by atoms with Crippen molar-refractivity contribution in [3.05, 3.63) is 54.3 Å². The van der Waals surface area contributed by atoms with Crippen LogP contribution in [0.2, 0.25) is 0 Å². The van der Waals surface area contributed by atoms with Crippen LogP contribution in [-0.4, -0.2) is 75.3 Å². The van der Waals surface area contributed by atoms with Gasteiger partial charge in [-0.1, -0.05) is 70.1 Å². The normalized spacial score (nSPS) is 18.5. The Morgan fingerprint density at radius 1 is 1.05 bits per heavy atom. The van der Waals surface area contributed by atoms with Gasteiger partial charge in [0.1, 0.15) is 17.9 Å². The third kappa shape index (κ3) is 14.0. The second kappa shape index (κ2) is 19.2. The van der Waals surface area contributed by atoms with E-state index >= 15 is 0 Å². The molecule has 0 aliphatic carbocycles. The van der Waals surface area contributed by atoms with Crippen LogP contribution >= 0.6 is 0 Å². The van der Waals surface area contributed by atoms with Crippen molar-refractivity contribution >= 4 is 6.09 Å². The van der Waals surface area contributed by atoms with Crippen molar-refractivity contribution in [2.24, 2.45) is 11.8 Å². The molecule has 0 saturated carbocycles. The number of nitrogens with zero attached hydrogens (tertiary/aromatic N) is 4. The quantitative estimate of drug-likeness (QED) is 0.184. The van der Waals surface area contributed by atoms with Crippen LogP contribution < -0.4 is 10.1 Å². The van der Waals surface area contributed by atoms with E-state index in [-0.39, 0.29) is 5.75 Å². The number of amides is 1. The van der Waals surface area contributed by atoms with Gasteiger partial charge in [0.05, 0.1) is 6.54 Å². The molecular weight excluding hydrogens is 573 g/mol. The molecule has 1 aromatic carbocycles. The molecule has 12 heteroatoms. The molecule has 2 saturated heterocycles. The molecule has 1 aromatic heterocycles. The number of aromatic amines is 1. The van der Waals surface area contributed by atoms with Crippen LogP contribution in [0.25, 0.3) is 0 Å². The van der Waals surface area contributed by atoms with Gasteiger partial charge in [-0.25, -0.2) is 9.78 Å². The number of allylic oxidation sites excluding steroid dienone is 1. The number of likely N-dealkylation sites (tertiary alicyclic amines) is 2. The smallest absolute Gasteiger partial charge is 0.465 e. The molecule has 0 unspecified atom stereocenters. The third-order valence-electron chi connectivity index (χ3n) is 8.21. The molecule has 1 amide bonds. The Morgan fingerprint density at radius 3 is 2.25 bits per heavy atom. The summed E-state index contributed by atoms with van der Waals surface area (Å²) in [6, 6.07) is 5.88. The molecular formula is C32H49F3N6O3. The number of nitrogens with one attached hydrogen (secondary N) is 2. The first kappa shape index (κ1) is 35.2. The minimum absolute atomic E-state index is 0.218. The Morgan fingerprint density at radius 2 is 1.68 bits per heavy atom. The average molecular weight is 623 g/mol. The number of carboxylic acid groups (broad SMARTS) is 1. The standard InChI is InChI=1S/C19H23F3N2O3.C13H26N4/c20-19(21,22)27-17-5-3-14(4-6-17)2-1-9-23-10-7-15-12-24(18(25)26)13-16(15)8-11-23;1-2-3-4-5-6-7-8-9-10-14-11-13-15-12-16-17-13/h1,3-6,9,15-16H,2,7-8,10-13H2,(H,25,26);12,14H,2-11H2,1H3,(H,15,16,17)/b9-1+;/t15-,16+;. The molecule has 9 nitrogen and oxygen atoms in total. The van der Waals surface area contributed by atoms with Crippen molar-refractivity contribution in [2.45, 2.75) is 90.5 Å². The molecule has 0 spiro atoms. The fraction of sp³-hybridized carbons (Fsp3) is 0.656. The molecule has 4 rings (SSSR count). The maximum atomic E-state index is 12.2. The van der Waals surface area contributed by atoms with Crippen molar-refractivity contribution in [1.29, 1.82) is 0 Å². The van der Waals surface area contributed by atoms with Gasteiger partial charge < -0.3 is 25.0 Å². The maximum Gasteiger partial charge on any atom is 0.573 e. The van der Waals surface area contributed by atoms with Crippen molar-refractivity contribution in [3.8, 4) is 5.75 Å². The van der Waals surface area contributed by atoms with Crippen LogP contribution in [0, 0.1) is 11.8 Å². The number of unbranched alkanes of at least 4 members (excludes halogenated alkanes) is 7. The van der Waals surface area contributed by atoms with E-state index in [2.05, 4.69) is 37.1 Å². The highest BCUT2D eigenvalue weighted by Crippen LogP contribution is 2.32. The highest BCUT2D eigenvalue weighted by atomic mass is 19.4. The van der Waals surface area contributed by atoms with Crippen molar-refractivity contribution < 1.29 is 27.8 Å². The molecule has 2 aromatic rings. The van der Waals surface area contributed by atoms with E-state index in [0.717, 1.165) is 50.4 Å². The van der Waals surface area contributed by atoms with Crippen LogP contribution in [0.4, 0.5) is 18.0 Å². The van der Waals surface area contributed by atoms with E-state index in [1.165, 1.54) is 68.4 Å². The van der Waals surface area contributed by atoms with Crippen molar-refractivity contribution in [1.82, 2.24) is 30.3 Å². The monoisotopic (exact) mass is 622 g/mol. The van der Waals surface area contributed by atoms with Gasteiger partial charge in [0.15, 0.2) is 0 Å². The summed E-state index contributed by atoms with van der Waals surface area (Å²) in [5.74, 6) is 1.57. The van der Waals surface area contributed by atoms with Gasteiger partial charge in [0.25, 0.3) is 0 Å². The summed E-state index contributed by atoms with van der Waals surface area (Å²) in [4.78, 5) is 18.9. The fourth-order valence-corrected chi connectivity index (χ4v) is 5.74. The highest BCUT2D eigenvalue weighted by molar-refractivity contribution is 5.65. The molecule has 44 heavy (non-hydrogen) atoms. The zero-order chi connectivity index (χ0) is 31.6. The summed E-state index contributed by atoms with van der Waals surface area (Å²) < 4.78 is 40.3. The van der Waals surface area contributed by atoms with E-state index in [4.69, 9.17) is 5.11 Å². The van der Waals surface area contributed by atoms with Crippen molar-refractivity contribution in [3.63, 3.8) is 0 Å². The zero-order valence-corrected chi connectivity index (χ0v) is 25.9. The van der Waals surface area contributed by atoms with Crippen LogP contribution in [0.15, 0.2) is 42.9 Å². The molecule has 2 aliphatic heterocycles. The number of carbonyl (C=O) groups is 1. The predicted octanol–water partition coefficient (Wildman–Crippen LogP) is 7.00. The van der Waals surface area contributed by atoms with Crippen LogP contribution in [0.5, 0.6) is 5.75 Å². The lowest BCUT2D eigenvalue weighted by Gasteiger charge is -2.19. The third-order valence-corrected chi connectivity index (χ3v) is 8.21. The summed E-state index contributed by atoms with van der Waals surface area (Å²) in [5, 5.41) is 19.1. The number of hydrogen-bond donors (Lipinski definition) is 3. The predicted molar refractivity (Wildman–Crippen MR) is 164 cm³/mol. The van der Waals surface area contributed by atoms with Gasteiger partial charge in [0.2, 0.25) is 0 Å². The first-order valence-electron chi connectivity index (χ1n) is 16.0. The lowest BCUT2D eigenvalue weighted by Crippen LogP contribution is -2.28. The summed E-state index contributed by atoms with van der Waals surface area (Å²) in [6.45, 7) is 7.19. The molecule has 3 heterocycles. The van der Waals surface area contributed by atoms with Crippen LogP contribution in [0.3, 0.4) is 0 Å². The Hall–Kier alpha value is -3.28. The number of ether oxygens (including phenoxy) is 1. The fourth-order valence-electron chi connectivity index (χ4n) is 5.74. The first-order chi connectivity index (χ1) is 21.2. The summed E-state index contributed by atoms with van der Waals surface area (Å²) in [6.07, 6.45) is 13.6. The number of rotatable bonds is 15.